The van der Waals surface area contributed by atoms with E-state index in [0.29, 0.717) is 29.4 Å². The molecule has 3 rings (SSSR count). The van der Waals surface area contributed by atoms with Crippen molar-refractivity contribution in [3.05, 3.63) is 48.0 Å². The lowest BCUT2D eigenvalue weighted by molar-refractivity contribution is -0.131. The average molecular weight is 297 g/mol. The van der Waals surface area contributed by atoms with E-state index in [2.05, 4.69) is 10.3 Å². The molecule has 0 aliphatic heterocycles. The third-order valence-electron chi connectivity index (χ3n) is 3.10. The van der Waals surface area contributed by atoms with Crippen LogP contribution in [0, 0.1) is 0 Å². The highest BCUT2D eigenvalue weighted by atomic mass is 16.5. The van der Waals surface area contributed by atoms with E-state index in [1.165, 1.54) is 6.92 Å². The Hall–Kier alpha value is -2.86. The highest BCUT2D eigenvalue weighted by Gasteiger charge is 2.09. The number of oxazole rings is 1. The van der Waals surface area contributed by atoms with Crippen molar-refractivity contribution < 1.29 is 13.9 Å². The minimum atomic E-state index is -0.380. The summed E-state index contributed by atoms with van der Waals surface area (Å²) in [6, 6.07) is 13.1. The fourth-order valence-electron chi connectivity index (χ4n) is 2.12. The van der Waals surface area contributed by atoms with Crippen LogP contribution < -0.4 is 15.8 Å². The molecular weight excluding hydrogens is 282 g/mol. The molecule has 3 aromatic rings. The number of benzene rings is 2. The summed E-state index contributed by atoms with van der Waals surface area (Å²) >= 11 is 0. The number of nitrogens with zero attached hydrogens (tertiary/aromatic N) is 1. The molecule has 0 amide bonds. The van der Waals surface area contributed by atoms with Crippen LogP contribution in [0.15, 0.2) is 46.9 Å². The molecular formula is C16H15N3O3. The molecule has 0 aliphatic carbocycles. The zero-order valence-electron chi connectivity index (χ0n) is 12.0. The zero-order valence-corrected chi connectivity index (χ0v) is 12.0. The van der Waals surface area contributed by atoms with E-state index in [9.17, 15) is 4.79 Å². The first-order valence-corrected chi connectivity index (χ1v) is 6.80. The molecule has 22 heavy (non-hydrogen) atoms. The summed E-state index contributed by atoms with van der Waals surface area (Å²) in [5.74, 6) is 0.0409. The first-order chi connectivity index (χ1) is 10.7. The molecule has 0 saturated heterocycles. The van der Waals surface area contributed by atoms with Crippen molar-refractivity contribution in [1.82, 2.24) is 4.98 Å². The van der Waals surface area contributed by atoms with Crippen molar-refractivity contribution in [2.75, 3.05) is 5.32 Å². The molecule has 0 bridgehead atoms. The number of fused-ring (bicyclic) bond motifs is 1. The van der Waals surface area contributed by atoms with Crippen molar-refractivity contribution in [3.8, 4) is 5.75 Å². The molecule has 6 heteroatoms. The Balaban J connectivity index is 1.90. The van der Waals surface area contributed by atoms with Crippen LogP contribution in [-0.2, 0) is 11.3 Å². The van der Waals surface area contributed by atoms with E-state index in [1.807, 2.05) is 24.3 Å². The van der Waals surface area contributed by atoms with E-state index in [-0.39, 0.29) is 5.97 Å². The van der Waals surface area contributed by atoms with Gasteiger partial charge in [-0.15, -0.1) is 0 Å². The van der Waals surface area contributed by atoms with Gasteiger partial charge < -0.3 is 20.2 Å². The Morgan fingerprint density at radius 1 is 1.32 bits per heavy atom. The standard InChI is InChI=1S/C16H15N3O3/c1-10(20)21-12-6-7-14-15(8-12)22-16(19-14)18-13-5-3-2-4-11(13)9-17/h2-8H,9,17H2,1H3,(H,18,19). The number of hydrogen-bond acceptors (Lipinski definition) is 6. The van der Waals surface area contributed by atoms with Crippen molar-refractivity contribution in [3.63, 3.8) is 0 Å². The fraction of sp³-hybridized carbons (Fsp3) is 0.125. The number of ether oxygens (including phenoxy) is 1. The molecule has 1 aromatic heterocycles. The fourth-order valence-corrected chi connectivity index (χ4v) is 2.12. The van der Waals surface area contributed by atoms with Crippen molar-refractivity contribution in [1.29, 1.82) is 0 Å². The number of hydrogen-bond donors (Lipinski definition) is 2. The Labute approximate surface area is 126 Å². The number of carbonyl (C=O) groups is 1. The second-order valence-corrected chi connectivity index (χ2v) is 4.73. The number of rotatable bonds is 4. The van der Waals surface area contributed by atoms with Crippen LogP contribution in [0.5, 0.6) is 5.75 Å². The third-order valence-corrected chi connectivity index (χ3v) is 3.10. The van der Waals surface area contributed by atoms with Crippen LogP contribution in [0.3, 0.4) is 0 Å². The molecule has 112 valence electrons. The number of anilines is 2. The predicted octanol–water partition coefficient (Wildman–Crippen LogP) is 2.96. The molecule has 0 saturated carbocycles. The molecule has 0 fully saturated rings. The monoisotopic (exact) mass is 297 g/mol. The number of carbonyl (C=O) groups excluding carboxylic acids is 1. The van der Waals surface area contributed by atoms with E-state index in [4.69, 9.17) is 14.9 Å². The first-order valence-electron chi connectivity index (χ1n) is 6.80. The van der Waals surface area contributed by atoms with Crippen molar-refractivity contribution in [2.24, 2.45) is 5.73 Å². The summed E-state index contributed by atoms with van der Waals surface area (Å²) in [6.07, 6.45) is 0. The molecule has 0 spiro atoms. The average Bonchev–Trinajstić information content (AvgIpc) is 2.88. The maximum absolute atomic E-state index is 11.0. The van der Waals surface area contributed by atoms with Crippen LogP contribution in [0.25, 0.3) is 11.1 Å². The van der Waals surface area contributed by atoms with Gasteiger partial charge in [-0.1, -0.05) is 18.2 Å². The van der Waals surface area contributed by atoms with Gasteiger partial charge in [-0.3, -0.25) is 4.79 Å². The SMILES string of the molecule is CC(=O)Oc1ccc2nc(Nc3ccccc3CN)oc2c1. The van der Waals surface area contributed by atoms with Crippen LogP contribution in [0.1, 0.15) is 12.5 Å². The van der Waals surface area contributed by atoms with Gasteiger partial charge in [0.25, 0.3) is 6.01 Å². The number of nitrogens with two attached hydrogens (primary N) is 1. The molecule has 0 aliphatic rings. The molecule has 0 unspecified atom stereocenters. The minimum Gasteiger partial charge on any atom is -0.427 e. The van der Waals surface area contributed by atoms with E-state index in [1.54, 1.807) is 18.2 Å². The Morgan fingerprint density at radius 2 is 2.14 bits per heavy atom. The van der Waals surface area contributed by atoms with Gasteiger partial charge in [0.2, 0.25) is 0 Å². The summed E-state index contributed by atoms with van der Waals surface area (Å²) in [5.41, 5.74) is 8.72. The first kappa shape index (κ1) is 14.1. The van der Waals surface area contributed by atoms with Gasteiger partial charge in [-0.25, -0.2) is 0 Å². The lowest BCUT2D eigenvalue weighted by Gasteiger charge is -2.06. The maximum Gasteiger partial charge on any atom is 0.308 e. The van der Waals surface area contributed by atoms with E-state index in [0.717, 1.165) is 11.3 Å². The number of para-hydroxylation sites is 1. The van der Waals surface area contributed by atoms with Gasteiger partial charge in [-0.2, -0.15) is 4.98 Å². The molecule has 2 aromatic carbocycles. The highest BCUT2D eigenvalue weighted by Crippen LogP contribution is 2.26. The van der Waals surface area contributed by atoms with E-state index < -0.39 is 0 Å². The summed E-state index contributed by atoms with van der Waals surface area (Å²) in [4.78, 5) is 15.3. The van der Waals surface area contributed by atoms with Gasteiger partial charge in [0.05, 0.1) is 0 Å². The number of esters is 1. The van der Waals surface area contributed by atoms with Crippen LogP contribution in [0.4, 0.5) is 11.7 Å². The Bertz CT molecular complexity index is 826. The van der Waals surface area contributed by atoms with Gasteiger partial charge in [0, 0.05) is 25.2 Å². The quantitative estimate of drug-likeness (QED) is 0.568. The normalized spacial score (nSPS) is 10.6. The Morgan fingerprint density at radius 3 is 2.91 bits per heavy atom. The molecule has 0 radical (unpaired) electrons. The van der Waals surface area contributed by atoms with Crippen LogP contribution >= 0.6 is 0 Å². The molecule has 6 nitrogen and oxygen atoms in total. The second kappa shape index (κ2) is 5.87. The minimum absolute atomic E-state index is 0.357. The van der Waals surface area contributed by atoms with Gasteiger partial charge in [0.15, 0.2) is 5.58 Å². The smallest absolute Gasteiger partial charge is 0.308 e. The summed E-state index contributed by atoms with van der Waals surface area (Å²) < 4.78 is 10.7. The van der Waals surface area contributed by atoms with Gasteiger partial charge >= 0.3 is 5.97 Å². The van der Waals surface area contributed by atoms with Gasteiger partial charge in [-0.05, 0) is 23.8 Å². The summed E-state index contributed by atoms with van der Waals surface area (Å²) in [6.45, 7) is 1.77. The topological polar surface area (TPSA) is 90.4 Å². The largest absolute Gasteiger partial charge is 0.427 e. The number of nitrogens with one attached hydrogen (secondary N) is 1. The van der Waals surface area contributed by atoms with E-state index >= 15 is 0 Å². The van der Waals surface area contributed by atoms with Crippen LogP contribution in [0.2, 0.25) is 0 Å². The molecule has 1 heterocycles. The van der Waals surface area contributed by atoms with Crippen molar-refractivity contribution >= 4 is 28.8 Å². The molecule has 3 N–H and O–H groups in total. The Kier molecular flexibility index (Phi) is 3.76. The highest BCUT2D eigenvalue weighted by molar-refractivity contribution is 5.78. The molecule has 0 atom stereocenters. The van der Waals surface area contributed by atoms with Gasteiger partial charge in [0.1, 0.15) is 11.3 Å². The maximum atomic E-state index is 11.0. The zero-order chi connectivity index (χ0) is 15.5. The lowest BCUT2D eigenvalue weighted by atomic mass is 10.2. The van der Waals surface area contributed by atoms with Crippen LogP contribution in [-0.4, -0.2) is 11.0 Å². The predicted molar refractivity (Wildman–Crippen MR) is 82.9 cm³/mol. The third kappa shape index (κ3) is 2.91. The lowest BCUT2D eigenvalue weighted by Crippen LogP contribution is -2.01. The number of aromatic nitrogens is 1. The summed E-state index contributed by atoms with van der Waals surface area (Å²) in [5, 5.41) is 3.11. The second-order valence-electron chi connectivity index (χ2n) is 4.73. The van der Waals surface area contributed by atoms with Crippen molar-refractivity contribution in [2.45, 2.75) is 13.5 Å². The summed E-state index contributed by atoms with van der Waals surface area (Å²) in [7, 11) is 0.